The number of pyridine rings is 1. The fourth-order valence-electron chi connectivity index (χ4n) is 3.61. The molecule has 2 heterocycles. The van der Waals surface area contributed by atoms with Crippen LogP contribution in [0.5, 0.6) is 0 Å². The molecule has 0 saturated carbocycles. The number of carbonyl (C=O) groups is 1. The smallest absolute Gasteiger partial charge is 0.416 e. The van der Waals surface area contributed by atoms with Gasteiger partial charge in [-0.3, -0.25) is 4.79 Å². The van der Waals surface area contributed by atoms with Gasteiger partial charge in [0.2, 0.25) is 0 Å². The van der Waals surface area contributed by atoms with Gasteiger partial charge in [0.15, 0.2) is 0 Å². The van der Waals surface area contributed by atoms with E-state index in [2.05, 4.69) is 4.90 Å². The molecule has 1 fully saturated rings. The third kappa shape index (κ3) is 6.84. The topological polar surface area (TPSA) is 60.8 Å². The summed E-state index contributed by atoms with van der Waals surface area (Å²) in [6.45, 7) is 8.55. The molecule has 30 heavy (non-hydrogen) atoms. The molecule has 1 atom stereocenters. The molecule has 1 aromatic rings. The minimum Gasteiger partial charge on any atom is -0.464 e. The summed E-state index contributed by atoms with van der Waals surface area (Å²) in [5, 5.41) is 0. The standard InChI is InChI=1S/C21H31F3N2O4/c1-4-30-20(28)18(12-15(2)3)26-14-16(17(13-19(26)27)21(22,23)24)6-8-25-7-5-10-29-11-9-25/h13-15,18H,4-12H2,1-3H3. The maximum Gasteiger partial charge on any atom is 0.416 e. The molecule has 0 spiro atoms. The molecule has 0 amide bonds. The quantitative estimate of drug-likeness (QED) is 0.590. The van der Waals surface area contributed by atoms with E-state index in [1.807, 2.05) is 13.8 Å². The maximum atomic E-state index is 13.6. The van der Waals surface area contributed by atoms with Crippen LogP contribution in [0.2, 0.25) is 0 Å². The number of rotatable bonds is 8. The van der Waals surface area contributed by atoms with Crippen molar-refractivity contribution >= 4 is 5.97 Å². The van der Waals surface area contributed by atoms with Crippen molar-refractivity contribution in [3.63, 3.8) is 0 Å². The summed E-state index contributed by atoms with van der Waals surface area (Å²) in [6.07, 6.45) is -2.21. The summed E-state index contributed by atoms with van der Waals surface area (Å²) < 4.78 is 52.4. The molecule has 1 aromatic heterocycles. The summed E-state index contributed by atoms with van der Waals surface area (Å²) in [6, 6.07) is -0.349. The first kappa shape index (κ1) is 24.4. The van der Waals surface area contributed by atoms with Gasteiger partial charge in [-0.25, -0.2) is 4.79 Å². The zero-order valence-corrected chi connectivity index (χ0v) is 17.8. The van der Waals surface area contributed by atoms with Crippen LogP contribution >= 0.6 is 0 Å². The normalized spacial score (nSPS) is 17.0. The number of carbonyl (C=O) groups excluding carboxylic acids is 1. The summed E-state index contributed by atoms with van der Waals surface area (Å²) >= 11 is 0. The van der Waals surface area contributed by atoms with Crippen molar-refractivity contribution in [2.24, 2.45) is 5.92 Å². The van der Waals surface area contributed by atoms with Gasteiger partial charge >= 0.3 is 12.1 Å². The third-order valence-corrected chi connectivity index (χ3v) is 5.07. The van der Waals surface area contributed by atoms with Crippen LogP contribution in [-0.2, 0) is 26.9 Å². The van der Waals surface area contributed by atoms with Gasteiger partial charge in [-0.05, 0) is 37.7 Å². The Kier molecular flexibility index (Phi) is 8.91. The Bertz CT molecular complexity index is 754. The number of nitrogens with zero attached hydrogens (tertiary/aromatic N) is 2. The summed E-state index contributed by atoms with van der Waals surface area (Å²) in [4.78, 5) is 27.0. The monoisotopic (exact) mass is 432 g/mol. The SMILES string of the molecule is CCOC(=O)C(CC(C)C)n1cc(CCN2CCCOCC2)c(C(F)(F)F)cc1=O. The van der Waals surface area contributed by atoms with E-state index >= 15 is 0 Å². The Morgan fingerprint density at radius 1 is 1.27 bits per heavy atom. The fourth-order valence-corrected chi connectivity index (χ4v) is 3.61. The van der Waals surface area contributed by atoms with E-state index < -0.39 is 29.3 Å². The minimum atomic E-state index is -4.65. The van der Waals surface area contributed by atoms with Gasteiger partial charge < -0.3 is 18.9 Å². The highest BCUT2D eigenvalue weighted by molar-refractivity contribution is 5.74. The van der Waals surface area contributed by atoms with Gasteiger partial charge in [0.25, 0.3) is 5.56 Å². The second-order valence-corrected chi connectivity index (χ2v) is 7.91. The Hall–Kier alpha value is -1.87. The van der Waals surface area contributed by atoms with Gasteiger partial charge in [-0.15, -0.1) is 0 Å². The Balaban J connectivity index is 2.39. The van der Waals surface area contributed by atoms with Crippen molar-refractivity contribution in [3.05, 3.63) is 33.7 Å². The average molecular weight is 432 g/mol. The van der Waals surface area contributed by atoms with Crippen molar-refractivity contribution in [3.8, 4) is 0 Å². The Morgan fingerprint density at radius 2 is 2.00 bits per heavy atom. The summed E-state index contributed by atoms with van der Waals surface area (Å²) in [5.74, 6) is -0.558. The molecule has 2 rings (SSSR count). The van der Waals surface area contributed by atoms with Crippen LogP contribution in [0.25, 0.3) is 0 Å². The molecule has 0 aromatic carbocycles. The van der Waals surface area contributed by atoms with E-state index in [0.29, 0.717) is 38.8 Å². The minimum absolute atomic E-state index is 0.00493. The second-order valence-electron chi connectivity index (χ2n) is 7.91. The van der Waals surface area contributed by atoms with Gasteiger partial charge in [-0.1, -0.05) is 13.8 Å². The van der Waals surface area contributed by atoms with E-state index in [9.17, 15) is 22.8 Å². The first-order valence-electron chi connectivity index (χ1n) is 10.4. The van der Waals surface area contributed by atoms with Crippen LogP contribution in [0.15, 0.2) is 17.1 Å². The average Bonchev–Trinajstić information content (AvgIpc) is 2.93. The van der Waals surface area contributed by atoms with Crippen LogP contribution in [0.3, 0.4) is 0 Å². The largest absolute Gasteiger partial charge is 0.464 e. The predicted molar refractivity (Wildman–Crippen MR) is 106 cm³/mol. The molecular formula is C21H31F3N2O4. The molecular weight excluding hydrogens is 401 g/mol. The lowest BCUT2D eigenvalue weighted by Crippen LogP contribution is -2.34. The predicted octanol–water partition coefficient (Wildman–Crippen LogP) is 3.28. The van der Waals surface area contributed by atoms with Crippen LogP contribution < -0.4 is 5.56 Å². The van der Waals surface area contributed by atoms with E-state index in [1.165, 1.54) is 6.20 Å². The highest BCUT2D eigenvalue weighted by Gasteiger charge is 2.35. The van der Waals surface area contributed by atoms with Crippen molar-refractivity contribution in [1.29, 1.82) is 0 Å². The van der Waals surface area contributed by atoms with Gasteiger partial charge in [-0.2, -0.15) is 13.2 Å². The fraction of sp³-hybridized carbons (Fsp3) is 0.714. The molecule has 1 unspecified atom stereocenters. The number of ether oxygens (including phenoxy) is 2. The van der Waals surface area contributed by atoms with E-state index in [-0.39, 0.29) is 24.5 Å². The van der Waals surface area contributed by atoms with E-state index in [1.54, 1.807) is 6.92 Å². The third-order valence-electron chi connectivity index (χ3n) is 5.07. The van der Waals surface area contributed by atoms with E-state index in [4.69, 9.17) is 9.47 Å². The summed E-state index contributed by atoms with van der Waals surface area (Å²) in [5.41, 5.74) is -1.79. The molecule has 1 aliphatic heterocycles. The second kappa shape index (κ2) is 10.9. The zero-order chi connectivity index (χ0) is 22.3. The van der Waals surface area contributed by atoms with Crippen LogP contribution in [0.4, 0.5) is 13.2 Å². The maximum absolute atomic E-state index is 13.6. The number of halogens is 3. The molecule has 0 N–H and O–H groups in total. The van der Waals surface area contributed by atoms with Crippen molar-refractivity contribution in [1.82, 2.24) is 9.47 Å². The first-order chi connectivity index (χ1) is 14.1. The van der Waals surface area contributed by atoms with Crippen molar-refractivity contribution < 1.29 is 27.4 Å². The molecule has 0 radical (unpaired) electrons. The van der Waals surface area contributed by atoms with Crippen LogP contribution in [0, 0.1) is 5.92 Å². The Labute approximate surface area is 175 Å². The lowest BCUT2D eigenvalue weighted by Gasteiger charge is -2.24. The first-order valence-corrected chi connectivity index (χ1v) is 10.4. The molecule has 1 saturated heterocycles. The summed E-state index contributed by atoms with van der Waals surface area (Å²) in [7, 11) is 0. The lowest BCUT2D eigenvalue weighted by molar-refractivity contribution is -0.147. The highest BCUT2D eigenvalue weighted by Crippen LogP contribution is 2.32. The molecule has 0 aliphatic carbocycles. The van der Waals surface area contributed by atoms with Crippen LogP contribution in [0.1, 0.15) is 50.8 Å². The molecule has 1 aliphatic rings. The van der Waals surface area contributed by atoms with Crippen molar-refractivity contribution in [2.45, 2.75) is 52.3 Å². The van der Waals surface area contributed by atoms with Crippen molar-refractivity contribution in [2.75, 3.05) is 39.5 Å². The van der Waals surface area contributed by atoms with E-state index in [0.717, 1.165) is 17.5 Å². The molecule has 6 nitrogen and oxygen atoms in total. The van der Waals surface area contributed by atoms with Gasteiger partial charge in [0.1, 0.15) is 6.04 Å². The van der Waals surface area contributed by atoms with Gasteiger partial charge in [0, 0.05) is 38.5 Å². The van der Waals surface area contributed by atoms with Gasteiger partial charge in [0.05, 0.1) is 18.8 Å². The number of aromatic nitrogens is 1. The Morgan fingerprint density at radius 3 is 2.63 bits per heavy atom. The lowest BCUT2D eigenvalue weighted by atomic mass is 10.0. The molecule has 170 valence electrons. The molecule has 9 heteroatoms. The number of hydrogen-bond donors (Lipinski definition) is 0. The number of hydrogen-bond acceptors (Lipinski definition) is 5. The number of esters is 1. The highest BCUT2D eigenvalue weighted by atomic mass is 19.4. The number of alkyl halides is 3. The van der Waals surface area contributed by atoms with Crippen LogP contribution in [-0.4, -0.2) is 54.9 Å². The zero-order valence-electron chi connectivity index (χ0n) is 17.8. The molecule has 0 bridgehead atoms.